The highest BCUT2D eigenvalue weighted by Gasteiger charge is 2.02. The molecule has 0 atom stereocenters. The summed E-state index contributed by atoms with van der Waals surface area (Å²) >= 11 is 0. The number of nitrogens with one attached hydrogen (secondary N) is 2. The SMILES string of the molecule is [2H]C([2H])(Cc1c[nH]c2ccccc12)NC(C)C. The molecule has 80 valence electrons. The Labute approximate surface area is 93.5 Å². The standard InChI is InChI=1S/C13H18N2/c1-10(2)14-8-7-11-9-15-13-6-4-3-5-12(11)13/h3-6,9-10,14-15H,7-8H2,1-2H3/i8D2. The number of H-pyrrole nitrogens is 1. The molecule has 0 aliphatic heterocycles. The molecule has 2 nitrogen and oxygen atoms in total. The van der Waals surface area contributed by atoms with Crippen molar-refractivity contribution in [1.82, 2.24) is 10.3 Å². The second-order valence-electron chi connectivity index (χ2n) is 4.01. The monoisotopic (exact) mass is 204 g/mol. The zero-order valence-corrected chi connectivity index (χ0v) is 9.17. The van der Waals surface area contributed by atoms with E-state index in [4.69, 9.17) is 2.74 Å². The summed E-state index contributed by atoms with van der Waals surface area (Å²) in [5.74, 6) is 0. The molecule has 0 aliphatic carbocycles. The summed E-state index contributed by atoms with van der Waals surface area (Å²) in [6.45, 7) is 2.53. The molecule has 0 radical (unpaired) electrons. The van der Waals surface area contributed by atoms with Gasteiger partial charge >= 0.3 is 0 Å². The Hall–Kier alpha value is -1.28. The molecule has 0 spiro atoms. The lowest BCUT2D eigenvalue weighted by atomic mass is 10.1. The van der Waals surface area contributed by atoms with Crippen LogP contribution >= 0.6 is 0 Å². The lowest BCUT2D eigenvalue weighted by Crippen LogP contribution is -2.24. The first-order chi connectivity index (χ1) is 7.98. The second kappa shape index (κ2) is 4.49. The van der Waals surface area contributed by atoms with Crippen LogP contribution in [0.3, 0.4) is 0 Å². The van der Waals surface area contributed by atoms with Crippen molar-refractivity contribution >= 4 is 10.9 Å². The molecular formula is C13H18N2. The average molecular weight is 204 g/mol. The predicted molar refractivity (Wildman–Crippen MR) is 65.1 cm³/mol. The van der Waals surface area contributed by atoms with Crippen LogP contribution in [0.2, 0.25) is 0 Å². The van der Waals surface area contributed by atoms with Crippen molar-refractivity contribution in [3.8, 4) is 0 Å². The van der Waals surface area contributed by atoms with Crippen LogP contribution in [0.4, 0.5) is 0 Å². The van der Waals surface area contributed by atoms with Crippen molar-refractivity contribution in [1.29, 1.82) is 0 Å². The van der Waals surface area contributed by atoms with E-state index >= 15 is 0 Å². The molecule has 1 aromatic carbocycles. The van der Waals surface area contributed by atoms with E-state index in [1.54, 1.807) is 0 Å². The summed E-state index contributed by atoms with van der Waals surface area (Å²) in [5, 5.41) is 4.04. The number of hydrogen-bond acceptors (Lipinski definition) is 1. The maximum absolute atomic E-state index is 7.95. The van der Waals surface area contributed by atoms with Crippen LogP contribution in [0.1, 0.15) is 22.2 Å². The van der Waals surface area contributed by atoms with Crippen molar-refractivity contribution in [2.75, 3.05) is 6.50 Å². The molecule has 0 fully saturated rings. The molecule has 1 aromatic heterocycles. The number of para-hydroxylation sites is 1. The molecule has 1 heterocycles. The van der Waals surface area contributed by atoms with Gasteiger partial charge < -0.3 is 10.3 Å². The first-order valence-corrected chi connectivity index (χ1v) is 5.31. The largest absolute Gasteiger partial charge is 0.361 e. The maximum Gasteiger partial charge on any atom is 0.0456 e. The molecule has 0 saturated carbocycles. The predicted octanol–water partition coefficient (Wildman–Crippen LogP) is 2.71. The number of benzene rings is 1. The Morgan fingerprint density at radius 2 is 2.20 bits per heavy atom. The van der Waals surface area contributed by atoms with Gasteiger partial charge in [0.25, 0.3) is 0 Å². The molecule has 0 unspecified atom stereocenters. The lowest BCUT2D eigenvalue weighted by molar-refractivity contribution is 0.591. The van der Waals surface area contributed by atoms with Gasteiger partial charge in [-0.15, -0.1) is 0 Å². The number of rotatable bonds is 4. The number of hydrogen-bond donors (Lipinski definition) is 2. The van der Waals surface area contributed by atoms with Crippen LogP contribution in [0.15, 0.2) is 30.5 Å². The zero-order valence-electron chi connectivity index (χ0n) is 11.2. The topological polar surface area (TPSA) is 27.8 Å². The summed E-state index contributed by atoms with van der Waals surface area (Å²) in [4.78, 5) is 3.17. The second-order valence-corrected chi connectivity index (χ2v) is 4.01. The van der Waals surface area contributed by atoms with Gasteiger partial charge in [0.2, 0.25) is 0 Å². The Morgan fingerprint density at radius 1 is 1.40 bits per heavy atom. The molecule has 2 aromatic rings. The van der Waals surface area contributed by atoms with Crippen LogP contribution in [0.25, 0.3) is 10.9 Å². The molecule has 0 aliphatic rings. The Kier molecular flexibility index (Phi) is 2.38. The van der Waals surface area contributed by atoms with E-state index in [2.05, 4.69) is 10.3 Å². The fourth-order valence-corrected chi connectivity index (χ4v) is 1.63. The van der Waals surface area contributed by atoms with Crippen molar-refractivity contribution in [2.45, 2.75) is 26.3 Å². The van der Waals surface area contributed by atoms with Crippen molar-refractivity contribution < 1.29 is 2.74 Å². The van der Waals surface area contributed by atoms with Gasteiger partial charge in [-0.25, -0.2) is 0 Å². The van der Waals surface area contributed by atoms with E-state index < -0.39 is 6.50 Å². The third-order valence-electron chi connectivity index (χ3n) is 2.34. The van der Waals surface area contributed by atoms with Crippen LogP contribution in [0.5, 0.6) is 0 Å². The average Bonchev–Trinajstić information content (AvgIpc) is 2.59. The molecule has 0 amide bonds. The minimum atomic E-state index is -1.38. The molecular weight excluding hydrogens is 184 g/mol. The van der Waals surface area contributed by atoms with Gasteiger partial charge in [0.05, 0.1) is 0 Å². The molecule has 15 heavy (non-hydrogen) atoms. The third-order valence-corrected chi connectivity index (χ3v) is 2.34. The van der Waals surface area contributed by atoms with Gasteiger partial charge in [-0.1, -0.05) is 32.0 Å². The number of fused-ring (bicyclic) bond motifs is 1. The molecule has 0 bridgehead atoms. The van der Waals surface area contributed by atoms with Crippen molar-refractivity contribution in [2.24, 2.45) is 0 Å². The first kappa shape index (κ1) is 7.94. The van der Waals surface area contributed by atoms with E-state index in [1.807, 2.05) is 44.3 Å². The van der Waals surface area contributed by atoms with Gasteiger partial charge in [-0.05, 0) is 24.5 Å². The van der Waals surface area contributed by atoms with Gasteiger partial charge in [0.15, 0.2) is 0 Å². The minimum absolute atomic E-state index is 0.134. The Morgan fingerprint density at radius 3 is 3.00 bits per heavy atom. The highest BCUT2D eigenvalue weighted by atomic mass is 14.9. The van der Waals surface area contributed by atoms with Gasteiger partial charge in [0.1, 0.15) is 0 Å². The quantitative estimate of drug-likeness (QED) is 0.787. The summed E-state index contributed by atoms with van der Waals surface area (Å²) in [6.07, 6.45) is 2.26. The molecule has 2 N–H and O–H groups in total. The van der Waals surface area contributed by atoms with E-state index in [0.29, 0.717) is 6.42 Å². The first-order valence-electron chi connectivity index (χ1n) is 6.31. The van der Waals surface area contributed by atoms with Crippen molar-refractivity contribution in [3.05, 3.63) is 36.0 Å². The molecule has 2 heteroatoms. The zero-order chi connectivity index (χ0) is 12.5. The minimum Gasteiger partial charge on any atom is -0.361 e. The highest BCUT2D eigenvalue weighted by molar-refractivity contribution is 5.83. The smallest absolute Gasteiger partial charge is 0.0456 e. The van der Waals surface area contributed by atoms with Gasteiger partial charge in [-0.2, -0.15) is 0 Å². The van der Waals surface area contributed by atoms with Gasteiger partial charge in [0, 0.05) is 25.9 Å². The third kappa shape index (κ3) is 2.39. The summed E-state index contributed by atoms with van der Waals surface area (Å²) in [5.41, 5.74) is 2.07. The summed E-state index contributed by atoms with van der Waals surface area (Å²) in [6, 6.07) is 8.11. The molecule has 0 saturated heterocycles. The Bertz CT molecular complexity index is 503. The number of aromatic nitrogens is 1. The van der Waals surface area contributed by atoms with Crippen molar-refractivity contribution in [3.63, 3.8) is 0 Å². The fourth-order valence-electron chi connectivity index (χ4n) is 1.63. The van der Waals surface area contributed by atoms with E-state index in [9.17, 15) is 0 Å². The van der Waals surface area contributed by atoms with E-state index in [-0.39, 0.29) is 6.04 Å². The maximum atomic E-state index is 7.95. The van der Waals surface area contributed by atoms with Gasteiger partial charge in [-0.3, -0.25) is 0 Å². The van der Waals surface area contributed by atoms with E-state index in [1.165, 1.54) is 0 Å². The Balaban J connectivity index is 2.23. The fraction of sp³-hybridized carbons (Fsp3) is 0.385. The summed E-state index contributed by atoms with van der Waals surface area (Å²) < 4.78 is 15.9. The van der Waals surface area contributed by atoms with E-state index in [0.717, 1.165) is 16.5 Å². The normalized spacial score (nSPS) is 14.3. The van der Waals surface area contributed by atoms with Crippen LogP contribution in [-0.2, 0) is 6.42 Å². The van der Waals surface area contributed by atoms with Crippen LogP contribution < -0.4 is 5.32 Å². The summed E-state index contributed by atoms with van der Waals surface area (Å²) in [7, 11) is 0. The lowest BCUT2D eigenvalue weighted by Gasteiger charge is -2.06. The van der Waals surface area contributed by atoms with Crippen LogP contribution in [0, 0.1) is 0 Å². The van der Waals surface area contributed by atoms with Crippen LogP contribution in [-0.4, -0.2) is 17.5 Å². The number of aryl methyl sites for hydroxylation is 1. The highest BCUT2D eigenvalue weighted by Crippen LogP contribution is 2.17. The number of aromatic amines is 1. The molecule has 2 rings (SSSR count).